The first-order valence-corrected chi connectivity index (χ1v) is 8.33. The smallest absolute Gasteiger partial charge is 0.242 e. The van der Waals surface area contributed by atoms with Crippen LogP contribution >= 0.6 is 0 Å². The largest absolute Gasteiger partial charge is 0.346 e. The van der Waals surface area contributed by atoms with Crippen molar-refractivity contribution in [1.82, 2.24) is 9.29 Å². The Morgan fingerprint density at radius 2 is 2.16 bits per heavy atom. The van der Waals surface area contributed by atoms with Gasteiger partial charge >= 0.3 is 0 Å². The van der Waals surface area contributed by atoms with Gasteiger partial charge in [0.25, 0.3) is 0 Å². The molecular weight excluding hydrogens is 262 g/mol. The van der Waals surface area contributed by atoms with Crippen molar-refractivity contribution in [3.05, 3.63) is 18.0 Å². The molecule has 2 rings (SSSR count). The Labute approximate surface area is 115 Å². The van der Waals surface area contributed by atoms with Gasteiger partial charge in [-0.05, 0) is 31.2 Å². The molecule has 0 radical (unpaired) electrons. The van der Waals surface area contributed by atoms with E-state index in [2.05, 4.69) is 18.6 Å². The van der Waals surface area contributed by atoms with Crippen molar-refractivity contribution >= 4 is 10.0 Å². The van der Waals surface area contributed by atoms with E-state index in [1.165, 1.54) is 0 Å². The summed E-state index contributed by atoms with van der Waals surface area (Å²) in [4.78, 5) is 0.337. The Morgan fingerprint density at radius 1 is 1.47 bits per heavy atom. The van der Waals surface area contributed by atoms with E-state index in [0.717, 1.165) is 25.0 Å². The molecule has 19 heavy (non-hydrogen) atoms. The van der Waals surface area contributed by atoms with Crippen LogP contribution in [-0.4, -0.2) is 19.5 Å². The van der Waals surface area contributed by atoms with Crippen LogP contribution in [-0.2, 0) is 16.6 Å². The fraction of sp³-hybridized carbons (Fsp3) is 0.692. The maximum Gasteiger partial charge on any atom is 0.242 e. The lowest BCUT2D eigenvalue weighted by Crippen LogP contribution is -2.25. The van der Waals surface area contributed by atoms with Crippen molar-refractivity contribution in [3.8, 4) is 0 Å². The molecule has 0 bridgehead atoms. The van der Waals surface area contributed by atoms with E-state index < -0.39 is 10.0 Å². The van der Waals surface area contributed by atoms with Crippen LogP contribution in [0.3, 0.4) is 0 Å². The Bertz CT molecular complexity index is 530. The number of nitrogens with zero attached hydrogens (tertiary/aromatic N) is 1. The standard InChI is InChI=1S/C13H23N3O2S/c1-10(2)5-6-15-19(17,18)13-7-12(8-14)16(9-13)11-3-4-11/h7,9-11,15H,3-6,8,14H2,1-2H3. The summed E-state index contributed by atoms with van der Waals surface area (Å²) in [5.74, 6) is 0.485. The minimum absolute atomic E-state index is 0.337. The number of hydrogen-bond donors (Lipinski definition) is 2. The molecule has 0 atom stereocenters. The molecular formula is C13H23N3O2S. The summed E-state index contributed by atoms with van der Waals surface area (Å²) in [7, 11) is -3.40. The van der Waals surface area contributed by atoms with Crippen LogP contribution in [0.15, 0.2) is 17.2 Å². The Hall–Kier alpha value is -0.850. The SMILES string of the molecule is CC(C)CCNS(=O)(=O)c1cc(CN)n(C2CC2)c1. The van der Waals surface area contributed by atoms with Gasteiger partial charge in [-0.3, -0.25) is 0 Å². The van der Waals surface area contributed by atoms with E-state index in [9.17, 15) is 8.42 Å². The third-order valence-corrected chi connectivity index (χ3v) is 4.81. The zero-order valence-electron chi connectivity index (χ0n) is 11.6. The fourth-order valence-corrected chi connectivity index (χ4v) is 3.16. The molecule has 6 heteroatoms. The maximum atomic E-state index is 12.2. The molecule has 5 nitrogen and oxygen atoms in total. The lowest BCUT2D eigenvalue weighted by atomic mass is 10.1. The monoisotopic (exact) mass is 285 g/mol. The molecule has 1 aliphatic carbocycles. The Kier molecular flexibility index (Phi) is 4.32. The van der Waals surface area contributed by atoms with Crippen molar-refractivity contribution in [2.75, 3.05) is 6.54 Å². The van der Waals surface area contributed by atoms with Crippen molar-refractivity contribution in [2.45, 2.75) is 50.6 Å². The van der Waals surface area contributed by atoms with Crippen LogP contribution in [0.25, 0.3) is 0 Å². The lowest BCUT2D eigenvalue weighted by Gasteiger charge is -2.06. The van der Waals surface area contributed by atoms with Gasteiger partial charge in [-0.1, -0.05) is 13.8 Å². The molecule has 1 aliphatic rings. The quantitative estimate of drug-likeness (QED) is 0.799. The molecule has 1 aromatic heterocycles. The third-order valence-electron chi connectivity index (χ3n) is 3.38. The molecule has 0 amide bonds. The first-order chi connectivity index (χ1) is 8.94. The molecule has 1 aromatic rings. The first-order valence-electron chi connectivity index (χ1n) is 6.84. The number of nitrogens with one attached hydrogen (secondary N) is 1. The van der Waals surface area contributed by atoms with Crippen LogP contribution in [0.2, 0.25) is 0 Å². The molecule has 1 saturated carbocycles. The molecule has 1 fully saturated rings. The second kappa shape index (κ2) is 5.64. The zero-order valence-corrected chi connectivity index (χ0v) is 12.4. The molecule has 0 unspecified atom stereocenters. The van der Waals surface area contributed by atoms with Crippen LogP contribution in [0.5, 0.6) is 0 Å². The number of rotatable bonds is 7. The highest BCUT2D eigenvalue weighted by molar-refractivity contribution is 7.89. The maximum absolute atomic E-state index is 12.2. The van der Waals surface area contributed by atoms with E-state index in [1.807, 2.05) is 4.57 Å². The predicted molar refractivity (Wildman–Crippen MR) is 75.2 cm³/mol. The molecule has 1 heterocycles. The van der Waals surface area contributed by atoms with Gasteiger partial charge in [-0.15, -0.1) is 0 Å². The van der Waals surface area contributed by atoms with E-state index in [4.69, 9.17) is 5.73 Å². The highest BCUT2D eigenvalue weighted by Gasteiger charge is 2.27. The minimum atomic E-state index is -3.40. The van der Waals surface area contributed by atoms with Gasteiger partial charge in [0.1, 0.15) is 0 Å². The summed E-state index contributed by atoms with van der Waals surface area (Å²) in [5, 5.41) is 0. The average Bonchev–Trinajstić information content (AvgIpc) is 3.07. The fourth-order valence-electron chi connectivity index (χ4n) is 2.07. The van der Waals surface area contributed by atoms with E-state index in [1.54, 1.807) is 12.3 Å². The van der Waals surface area contributed by atoms with Gasteiger partial charge in [0, 0.05) is 31.0 Å². The van der Waals surface area contributed by atoms with Crippen LogP contribution in [0, 0.1) is 5.92 Å². The summed E-state index contributed by atoms with van der Waals surface area (Å²) < 4.78 is 29.0. The molecule has 0 aromatic carbocycles. The molecule has 3 N–H and O–H groups in total. The molecule has 0 spiro atoms. The summed E-state index contributed by atoms with van der Waals surface area (Å²) in [6, 6.07) is 2.13. The summed E-state index contributed by atoms with van der Waals surface area (Å²) in [5.41, 5.74) is 6.57. The minimum Gasteiger partial charge on any atom is -0.346 e. The van der Waals surface area contributed by atoms with Gasteiger partial charge < -0.3 is 10.3 Å². The number of hydrogen-bond acceptors (Lipinski definition) is 3. The second-order valence-corrected chi connectivity index (χ2v) is 7.36. The zero-order chi connectivity index (χ0) is 14.0. The van der Waals surface area contributed by atoms with Crippen molar-refractivity contribution in [3.63, 3.8) is 0 Å². The summed E-state index contributed by atoms with van der Waals surface area (Å²) >= 11 is 0. The molecule has 0 saturated heterocycles. The van der Waals surface area contributed by atoms with Gasteiger partial charge in [-0.25, -0.2) is 13.1 Å². The molecule has 108 valence electrons. The topological polar surface area (TPSA) is 77.1 Å². The van der Waals surface area contributed by atoms with Gasteiger partial charge in [0.15, 0.2) is 0 Å². The van der Waals surface area contributed by atoms with Gasteiger partial charge in [-0.2, -0.15) is 0 Å². The van der Waals surface area contributed by atoms with E-state index in [-0.39, 0.29) is 0 Å². The van der Waals surface area contributed by atoms with Crippen LogP contribution in [0.4, 0.5) is 0 Å². The average molecular weight is 285 g/mol. The number of aromatic nitrogens is 1. The summed E-state index contributed by atoms with van der Waals surface area (Å²) in [6.07, 6.45) is 4.79. The Balaban J connectivity index is 2.11. The molecule has 0 aliphatic heterocycles. The van der Waals surface area contributed by atoms with Gasteiger partial charge in [0.05, 0.1) is 4.90 Å². The van der Waals surface area contributed by atoms with Crippen molar-refractivity contribution in [1.29, 1.82) is 0 Å². The van der Waals surface area contributed by atoms with E-state index >= 15 is 0 Å². The van der Waals surface area contributed by atoms with Crippen molar-refractivity contribution in [2.24, 2.45) is 11.7 Å². The van der Waals surface area contributed by atoms with Crippen molar-refractivity contribution < 1.29 is 8.42 Å². The summed E-state index contributed by atoms with van der Waals surface area (Å²) in [6.45, 7) is 5.00. The third kappa shape index (κ3) is 3.58. The lowest BCUT2D eigenvalue weighted by molar-refractivity contribution is 0.551. The first kappa shape index (κ1) is 14.6. The normalized spacial score (nSPS) is 16.2. The number of nitrogens with two attached hydrogens (primary N) is 1. The predicted octanol–water partition coefficient (Wildman–Crippen LogP) is 1.61. The van der Waals surface area contributed by atoms with E-state index in [0.29, 0.717) is 29.9 Å². The highest BCUT2D eigenvalue weighted by atomic mass is 32.2. The number of sulfonamides is 1. The Morgan fingerprint density at radius 3 is 2.68 bits per heavy atom. The second-order valence-electron chi connectivity index (χ2n) is 5.59. The van der Waals surface area contributed by atoms with Gasteiger partial charge in [0.2, 0.25) is 10.0 Å². The van der Waals surface area contributed by atoms with Crippen LogP contribution < -0.4 is 10.5 Å². The highest BCUT2D eigenvalue weighted by Crippen LogP contribution is 2.37. The van der Waals surface area contributed by atoms with Crippen LogP contribution in [0.1, 0.15) is 44.8 Å².